The topological polar surface area (TPSA) is 87.4 Å². The Kier molecular flexibility index (Phi) is 6.25. The van der Waals surface area contributed by atoms with Crippen LogP contribution in [-0.2, 0) is 6.54 Å². The lowest BCUT2D eigenvalue weighted by atomic mass is 9.97. The molecule has 2 heterocycles. The van der Waals surface area contributed by atoms with E-state index in [0.29, 0.717) is 39.5 Å². The van der Waals surface area contributed by atoms with Gasteiger partial charge in [-0.1, -0.05) is 23.8 Å². The van der Waals surface area contributed by atoms with Crippen LogP contribution in [0.15, 0.2) is 63.8 Å². The molecule has 3 aromatic carbocycles. The van der Waals surface area contributed by atoms with Crippen molar-refractivity contribution in [1.82, 2.24) is 4.90 Å². The molecule has 1 aliphatic heterocycles. The van der Waals surface area contributed by atoms with E-state index in [2.05, 4.69) is 0 Å². The largest absolute Gasteiger partial charge is 0.497 e. The molecule has 1 atom stereocenters. The van der Waals surface area contributed by atoms with Crippen molar-refractivity contribution < 1.29 is 28.2 Å². The van der Waals surface area contributed by atoms with Crippen LogP contribution in [0.1, 0.15) is 38.9 Å². The summed E-state index contributed by atoms with van der Waals surface area (Å²) in [6.07, 6.45) is 0. The first-order valence-corrected chi connectivity index (χ1v) is 11.7. The summed E-state index contributed by atoms with van der Waals surface area (Å²) in [5.41, 5.74) is 2.83. The molecule has 0 N–H and O–H groups in total. The number of methoxy groups -OCH3 is 4. The molecule has 1 aromatic heterocycles. The minimum atomic E-state index is -0.737. The lowest BCUT2D eigenvalue weighted by Crippen LogP contribution is -2.29. The van der Waals surface area contributed by atoms with Gasteiger partial charge in [0.15, 0.2) is 16.9 Å². The number of fused-ring (bicyclic) bond motifs is 2. The Balaban J connectivity index is 1.74. The summed E-state index contributed by atoms with van der Waals surface area (Å²) >= 11 is 0. The minimum absolute atomic E-state index is 0.0358. The van der Waals surface area contributed by atoms with Crippen LogP contribution in [0.5, 0.6) is 23.0 Å². The van der Waals surface area contributed by atoms with Crippen molar-refractivity contribution in [3.8, 4) is 23.0 Å². The number of carbonyl (C=O) groups is 1. The van der Waals surface area contributed by atoms with Crippen molar-refractivity contribution in [3.05, 3.63) is 92.8 Å². The lowest BCUT2D eigenvalue weighted by molar-refractivity contribution is 0.0714. The summed E-state index contributed by atoms with van der Waals surface area (Å²) in [4.78, 5) is 29.3. The van der Waals surface area contributed by atoms with Gasteiger partial charge in [0.05, 0.1) is 45.4 Å². The highest BCUT2D eigenvalue weighted by atomic mass is 16.5. The van der Waals surface area contributed by atoms with Gasteiger partial charge in [0.25, 0.3) is 5.91 Å². The molecule has 8 nitrogen and oxygen atoms in total. The first-order chi connectivity index (χ1) is 17.9. The first kappa shape index (κ1) is 24.2. The summed E-state index contributed by atoms with van der Waals surface area (Å²) in [5, 5.41) is 0.426. The second-order valence-corrected chi connectivity index (χ2v) is 8.82. The number of amides is 1. The van der Waals surface area contributed by atoms with Gasteiger partial charge < -0.3 is 28.3 Å². The Bertz CT molecular complexity index is 1530. The number of rotatable bonds is 7. The zero-order valence-corrected chi connectivity index (χ0v) is 21.3. The van der Waals surface area contributed by atoms with Crippen molar-refractivity contribution >= 4 is 16.9 Å². The summed E-state index contributed by atoms with van der Waals surface area (Å²) < 4.78 is 27.9. The Morgan fingerprint density at radius 2 is 1.51 bits per heavy atom. The van der Waals surface area contributed by atoms with Gasteiger partial charge in [0.2, 0.25) is 11.5 Å². The number of hydrogen-bond acceptors (Lipinski definition) is 7. The Morgan fingerprint density at radius 1 is 0.838 bits per heavy atom. The standard InChI is InChI=1S/C29H27NO7/c1-16-6-11-21-20(12-16)26(31)24-25(18-13-22(34-3)27(36-5)23(14-18)35-4)30(29(32)28(24)37-21)15-17-7-9-19(33-2)10-8-17/h6-14,25H,15H2,1-5H3. The molecule has 8 heteroatoms. The normalized spacial score (nSPS) is 14.6. The molecule has 1 amide bonds. The molecule has 0 aliphatic carbocycles. The van der Waals surface area contributed by atoms with E-state index in [1.54, 1.807) is 36.3 Å². The van der Waals surface area contributed by atoms with Crippen molar-refractivity contribution in [2.24, 2.45) is 0 Å². The average Bonchev–Trinajstić information content (AvgIpc) is 3.19. The Hall–Kier alpha value is -4.46. The lowest BCUT2D eigenvalue weighted by Gasteiger charge is -2.26. The minimum Gasteiger partial charge on any atom is -0.497 e. The highest BCUT2D eigenvalue weighted by molar-refractivity contribution is 5.99. The molecule has 0 saturated carbocycles. The molecule has 0 radical (unpaired) electrons. The number of benzene rings is 3. The van der Waals surface area contributed by atoms with Crippen LogP contribution in [-0.4, -0.2) is 39.2 Å². The van der Waals surface area contributed by atoms with Crippen LogP contribution in [0, 0.1) is 6.92 Å². The number of carbonyl (C=O) groups excluding carboxylic acids is 1. The summed E-state index contributed by atoms with van der Waals surface area (Å²) in [6.45, 7) is 2.15. The molecule has 190 valence electrons. The fourth-order valence-corrected chi connectivity index (χ4v) is 4.83. The average molecular weight is 502 g/mol. The maximum Gasteiger partial charge on any atom is 0.291 e. The van der Waals surface area contributed by atoms with Gasteiger partial charge in [-0.05, 0) is 54.4 Å². The molecular weight excluding hydrogens is 474 g/mol. The van der Waals surface area contributed by atoms with E-state index in [1.807, 2.05) is 37.3 Å². The second kappa shape index (κ2) is 9.54. The first-order valence-electron chi connectivity index (χ1n) is 11.7. The zero-order chi connectivity index (χ0) is 26.3. The molecule has 0 saturated heterocycles. The van der Waals surface area contributed by atoms with Crippen LogP contribution in [0.4, 0.5) is 0 Å². The highest BCUT2D eigenvalue weighted by Gasteiger charge is 2.43. The number of nitrogens with zero attached hydrogens (tertiary/aromatic N) is 1. The van der Waals surface area contributed by atoms with Gasteiger partial charge in [0, 0.05) is 6.54 Å². The molecule has 0 fully saturated rings. The van der Waals surface area contributed by atoms with Crippen molar-refractivity contribution in [2.45, 2.75) is 19.5 Å². The smallest absolute Gasteiger partial charge is 0.291 e. The maximum atomic E-state index is 13.9. The zero-order valence-electron chi connectivity index (χ0n) is 21.3. The van der Waals surface area contributed by atoms with E-state index in [0.717, 1.165) is 11.1 Å². The van der Waals surface area contributed by atoms with Crippen LogP contribution < -0.4 is 24.4 Å². The van der Waals surface area contributed by atoms with Crippen LogP contribution in [0.25, 0.3) is 11.0 Å². The molecule has 1 unspecified atom stereocenters. The second-order valence-electron chi connectivity index (χ2n) is 8.82. The van der Waals surface area contributed by atoms with Gasteiger partial charge in [0.1, 0.15) is 11.3 Å². The monoisotopic (exact) mass is 501 g/mol. The van der Waals surface area contributed by atoms with E-state index in [4.69, 9.17) is 23.4 Å². The predicted molar refractivity (Wildman–Crippen MR) is 138 cm³/mol. The third-order valence-corrected chi connectivity index (χ3v) is 6.64. The van der Waals surface area contributed by atoms with E-state index >= 15 is 0 Å². The van der Waals surface area contributed by atoms with Gasteiger partial charge in [-0.15, -0.1) is 0 Å². The molecular formula is C29H27NO7. The summed E-state index contributed by atoms with van der Waals surface area (Å²) in [6, 6.07) is 15.6. The SMILES string of the molecule is COc1ccc(CN2C(=O)c3oc4ccc(C)cc4c(=O)c3C2c2cc(OC)c(OC)c(OC)c2)cc1. The Labute approximate surface area is 213 Å². The van der Waals surface area contributed by atoms with Gasteiger partial charge in [-0.3, -0.25) is 9.59 Å². The molecule has 0 bridgehead atoms. The van der Waals surface area contributed by atoms with Gasteiger partial charge in [-0.2, -0.15) is 0 Å². The number of hydrogen-bond donors (Lipinski definition) is 0. The van der Waals surface area contributed by atoms with Crippen molar-refractivity contribution in [2.75, 3.05) is 28.4 Å². The molecule has 0 spiro atoms. The summed E-state index contributed by atoms with van der Waals surface area (Å²) in [5.74, 6) is 1.63. The molecule has 4 aromatic rings. The van der Waals surface area contributed by atoms with Crippen LogP contribution in [0.3, 0.4) is 0 Å². The third kappa shape index (κ3) is 4.04. The maximum absolute atomic E-state index is 13.9. The predicted octanol–water partition coefficient (Wildman–Crippen LogP) is 4.88. The fraction of sp³-hybridized carbons (Fsp3) is 0.241. The van der Waals surface area contributed by atoms with Crippen molar-refractivity contribution in [1.29, 1.82) is 0 Å². The highest BCUT2D eigenvalue weighted by Crippen LogP contribution is 2.45. The molecule has 1 aliphatic rings. The van der Waals surface area contributed by atoms with E-state index < -0.39 is 6.04 Å². The summed E-state index contributed by atoms with van der Waals surface area (Å²) in [7, 11) is 6.16. The number of ether oxygens (including phenoxy) is 4. The van der Waals surface area contributed by atoms with E-state index in [-0.39, 0.29) is 29.2 Å². The van der Waals surface area contributed by atoms with E-state index in [1.165, 1.54) is 21.3 Å². The molecule has 37 heavy (non-hydrogen) atoms. The van der Waals surface area contributed by atoms with Gasteiger partial charge in [-0.25, -0.2) is 0 Å². The van der Waals surface area contributed by atoms with E-state index in [9.17, 15) is 9.59 Å². The third-order valence-electron chi connectivity index (χ3n) is 6.64. The Morgan fingerprint density at radius 3 is 2.11 bits per heavy atom. The van der Waals surface area contributed by atoms with Crippen molar-refractivity contribution in [3.63, 3.8) is 0 Å². The van der Waals surface area contributed by atoms with Gasteiger partial charge >= 0.3 is 0 Å². The fourth-order valence-electron chi connectivity index (χ4n) is 4.83. The number of aryl methyl sites for hydroxylation is 1. The quantitative estimate of drug-likeness (QED) is 0.357. The van der Waals surface area contributed by atoms with Crippen LogP contribution in [0.2, 0.25) is 0 Å². The van der Waals surface area contributed by atoms with Crippen LogP contribution >= 0.6 is 0 Å². The molecule has 5 rings (SSSR count).